The maximum atomic E-state index is 13.6. The first-order valence-corrected chi connectivity index (χ1v) is 15.9. The first-order chi connectivity index (χ1) is 19.9. The van der Waals surface area contributed by atoms with Gasteiger partial charge < -0.3 is 15.0 Å². The van der Waals surface area contributed by atoms with E-state index in [0.717, 1.165) is 49.7 Å². The number of pyridine rings is 2. The minimum absolute atomic E-state index is 0.130. The lowest BCUT2D eigenvalue weighted by Gasteiger charge is -2.38. The van der Waals surface area contributed by atoms with Crippen LogP contribution in [0.2, 0.25) is 0 Å². The molecule has 0 radical (unpaired) electrons. The fourth-order valence-electron chi connectivity index (χ4n) is 8.00. The number of fused-ring (bicyclic) bond motifs is 6. The lowest BCUT2D eigenvalue weighted by Crippen LogP contribution is -2.45. The third-order valence-corrected chi connectivity index (χ3v) is 11.2. The van der Waals surface area contributed by atoms with Gasteiger partial charge in [-0.3, -0.25) is 9.52 Å². The van der Waals surface area contributed by atoms with Crippen LogP contribution >= 0.6 is 11.9 Å². The van der Waals surface area contributed by atoms with E-state index >= 15 is 0 Å². The van der Waals surface area contributed by atoms with Crippen molar-refractivity contribution in [1.82, 2.24) is 24.5 Å². The van der Waals surface area contributed by atoms with Crippen molar-refractivity contribution in [2.45, 2.75) is 81.8 Å². The van der Waals surface area contributed by atoms with Crippen molar-refractivity contribution in [2.75, 3.05) is 23.4 Å². The van der Waals surface area contributed by atoms with E-state index in [1.165, 1.54) is 37.6 Å². The molecule has 5 aliphatic rings. The molecule has 8 rings (SSSR count). The summed E-state index contributed by atoms with van der Waals surface area (Å²) < 4.78 is 11.0. The van der Waals surface area contributed by atoms with Gasteiger partial charge in [0.05, 0.1) is 12.2 Å². The van der Waals surface area contributed by atoms with Gasteiger partial charge in [-0.05, 0) is 100 Å². The van der Waals surface area contributed by atoms with E-state index in [-0.39, 0.29) is 17.5 Å². The molecular formula is C31H37N7O2S. The highest BCUT2D eigenvalue weighted by Crippen LogP contribution is 2.92. The minimum atomic E-state index is -0.181. The normalized spacial score (nSPS) is 25.1. The van der Waals surface area contributed by atoms with E-state index in [0.29, 0.717) is 39.8 Å². The molecule has 3 aliphatic carbocycles. The minimum Gasteiger partial charge on any atom is -0.476 e. The maximum absolute atomic E-state index is 13.6. The number of aromatic nitrogens is 4. The predicted molar refractivity (Wildman–Crippen MR) is 159 cm³/mol. The Kier molecular flexibility index (Phi) is 5.65. The standard InChI is InChI=1S/C31H37N7O2S/c1-29(2)12-10-20-5-4-17-32-23-6-3-7-26(33-23)41-36-28(39)21-8-9-24(34-27(21)38(20)29)37-18-11-25(35-37)40-19-22-30(13-14-30)31(22)15-16-31/h3,6-9,11,18,20,22H,4-5,10,12-17,19H2,1-2H3,(H,32,33)(H,36,39). The van der Waals surface area contributed by atoms with Crippen molar-refractivity contribution in [3.8, 4) is 11.7 Å². The zero-order chi connectivity index (χ0) is 27.8. The number of hydrogen-bond donors (Lipinski definition) is 2. The highest BCUT2D eigenvalue weighted by Gasteiger charge is 2.86. The lowest BCUT2D eigenvalue weighted by atomic mass is 10.0. The summed E-state index contributed by atoms with van der Waals surface area (Å²) >= 11 is 1.23. The molecule has 0 aromatic carbocycles. The van der Waals surface area contributed by atoms with Crippen LogP contribution in [-0.4, -0.2) is 50.4 Å². The first kappa shape index (κ1) is 25.4. The van der Waals surface area contributed by atoms with Crippen molar-refractivity contribution < 1.29 is 9.53 Å². The molecular weight excluding hydrogens is 534 g/mol. The van der Waals surface area contributed by atoms with Crippen molar-refractivity contribution in [1.29, 1.82) is 0 Å². The highest BCUT2D eigenvalue weighted by atomic mass is 32.2. The number of amides is 1. The smallest absolute Gasteiger partial charge is 0.265 e. The molecule has 2 spiro atoms. The van der Waals surface area contributed by atoms with Gasteiger partial charge in [0.1, 0.15) is 16.7 Å². The number of anilines is 2. The van der Waals surface area contributed by atoms with Crippen LogP contribution in [0.25, 0.3) is 5.82 Å². The van der Waals surface area contributed by atoms with E-state index in [1.54, 1.807) is 4.68 Å². The van der Waals surface area contributed by atoms with Gasteiger partial charge in [0.2, 0.25) is 5.88 Å². The molecule has 3 saturated carbocycles. The molecule has 2 N–H and O–H groups in total. The molecule has 3 aromatic heterocycles. The lowest BCUT2D eigenvalue weighted by molar-refractivity contribution is 0.0984. The summed E-state index contributed by atoms with van der Waals surface area (Å²) in [5, 5.41) is 8.92. The molecule has 214 valence electrons. The molecule has 1 atom stereocenters. The molecule has 41 heavy (non-hydrogen) atoms. The van der Waals surface area contributed by atoms with Crippen LogP contribution in [0, 0.1) is 16.7 Å². The number of rotatable bonds is 4. The number of nitrogens with one attached hydrogen (secondary N) is 2. The molecule has 4 fully saturated rings. The van der Waals surface area contributed by atoms with E-state index in [4.69, 9.17) is 14.8 Å². The van der Waals surface area contributed by atoms with Gasteiger partial charge in [0.15, 0.2) is 5.82 Å². The van der Waals surface area contributed by atoms with E-state index in [2.05, 4.69) is 33.8 Å². The Hall–Kier alpha value is -3.27. The van der Waals surface area contributed by atoms with Crippen LogP contribution in [0.5, 0.6) is 5.88 Å². The number of hydrogen-bond acceptors (Lipinski definition) is 8. The number of nitrogens with zero attached hydrogens (tertiary/aromatic N) is 5. The molecule has 1 amide bonds. The van der Waals surface area contributed by atoms with Crippen molar-refractivity contribution >= 4 is 29.5 Å². The molecule has 3 aromatic rings. The molecule has 2 bridgehead atoms. The largest absolute Gasteiger partial charge is 0.476 e. The van der Waals surface area contributed by atoms with Gasteiger partial charge in [0, 0.05) is 48.3 Å². The SMILES string of the molecule is CC1(C)CCC2CCCNc3cccc(n3)SNC(=O)c3ccc(-n4ccc(OCC5C6(CC6)C56CC6)n4)nc3N21. The second-order valence-corrected chi connectivity index (χ2v) is 14.0. The Morgan fingerprint density at radius 3 is 2.66 bits per heavy atom. The monoisotopic (exact) mass is 571 g/mol. The third-order valence-electron chi connectivity index (χ3n) is 10.4. The van der Waals surface area contributed by atoms with E-state index < -0.39 is 0 Å². The van der Waals surface area contributed by atoms with Gasteiger partial charge in [-0.25, -0.2) is 14.6 Å². The summed E-state index contributed by atoms with van der Waals surface area (Å²) in [7, 11) is 0. The summed E-state index contributed by atoms with van der Waals surface area (Å²) in [6, 6.07) is 11.8. The van der Waals surface area contributed by atoms with Crippen molar-refractivity contribution in [3.05, 3.63) is 48.2 Å². The molecule has 1 saturated heterocycles. The zero-order valence-electron chi connectivity index (χ0n) is 23.7. The van der Waals surface area contributed by atoms with E-state index in [9.17, 15) is 4.79 Å². The van der Waals surface area contributed by atoms with Crippen LogP contribution in [0.3, 0.4) is 0 Å². The Balaban J connectivity index is 1.09. The average molecular weight is 572 g/mol. The fraction of sp³-hybridized carbons (Fsp3) is 0.548. The molecule has 5 heterocycles. The van der Waals surface area contributed by atoms with Gasteiger partial charge in [-0.2, -0.15) is 0 Å². The Morgan fingerprint density at radius 2 is 1.85 bits per heavy atom. The maximum Gasteiger partial charge on any atom is 0.265 e. The van der Waals surface area contributed by atoms with Crippen LogP contribution < -0.4 is 19.7 Å². The molecule has 10 heteroatoms. The van der Waals surface area contributed by atoms with Crippen LogP contribution in [-0.2, 0) is 0 Å². The third kappa shape index (κ3) is 4.20. The van der Waals surface area contributed by atoms with Gasteiger partial charge >= 0.3 is 0 Å². The molecule has 9 nitrogen and oxygen atoms in total. The molecule has 1 unspecified atom stereocenters. The summed E-state index contributed by atoms with van der Waals surface area (Å²) in [5.41, 5.74) is 1.67. The van der Waals surface area contributed by atoms with Gasteiger partial charge in [-0.15, -0.1) is 5.10 Å². The average Bonchev–Trinajstić information content (AvgIpc) is 3.92. The quantitative estimate of drug-likeness (QED) is 0.390. The van der Waals surface area contributed by atoms with Crippen LogP contribution in [0.1, 0.15) is 75.6 Å². The highest BCUT2D eigenvalue weighted by molar-refractivity contribution is 7.97. The summed E-state index contributed by atoms with van der Waals surface area (Å²) in [6.45, 7) is 6.12. The van der Waals surface area contributed by atoms with Gasteiger partial charge in [0.25, 0.3) is 5.91 Å². The number of carbonyl (C=O) groups excluding carboxylic acids is 1. The Bertz CT molecular complexity index is 1490. The number of carbonyl (C=O) groups is 1. The zero-order valence-corrected chi connectivity index (χ0v) is 24.5. The Morgan fingerprint density at radius 1 is 1.02 bits per heavy atom. The predicted octanol–water partition coefficient (Wildman–Crippen LogP) is 5.62. The fourth-order valence-corrected chi connectivity index (χ4v) is 8.60. The second-order valence-electron chi connectivity index (χ2n) is 13.2. The second kappa shape index (κ2) is 9.11. The van der Waals surface area contributed by atoms with Crippen molar-refractivity contribution in [2.24, 2.45) is 16.7 Å². The van der Waals surface area contributed by atoms with E-state index in [1.807, 2.05) is 42.6 Å². The summed E-state index contributed by atoms with van der Waals surface area (Å²) in [6.07, 6.45) is 11.5. The van der Waals surface area contributed by atoms with Crippen molar-refractivity contribution in [3.63, 3.8) is 0 Å². The summed E-state index contributed by atoms with van der Waals surface area (Å²) in [5.74, 6) is 3.39. The topological polar surface area (TPSA) is 97.2 Å². The van der Waals surface area contributed by atoms with Crippen LogP contribution in [0.15, 0.2) is 47.6 Å². The first-order valence-electron chi connectivity index (χ1n) is 15.1. The number of ether oxygens (including phenoxy) is 1. The summed E-state index contributed by atoms with van der Waals surface area (Å²) in [4.78, 5) is 25.8. The van der Waals surface area contributed by atoms with Crippen LogP contribution in [0.4, 0.5) is 11.6 Å². The van der Waals surface area contributed by atoms with Gasteiger partial charge in [-0.1, -0.05) is 6.07 Å². The molecule has 2 aliphatic heterocycles. The Labute approximate surface area is 245 Å².